The molecule has 6 heteroatoms. The van der Waals surface area contributed by atoms with Crippen molar-refractivity contribution in [2.75, 3.05) is 13.2 Å². The molecular weight excluding hydrogens is 973 g/mol. The SMILES string of the molecule is CCCCCC/C=C\CCCCCCCC(=O)OCC(COC(=O)CCCCCCCCCCCCCCCCC/C=C\C/C=C\CCCCCCC)OC(=O)CCCCCCCC/C=C\C/C=C\C/C=C\CCCCCCC. The van der Waals surface area contributed by atoms with E-state index in [0.717, 1.165) is 96.3 Å². The van der Waals surface area contributed by atoms with Crippen LogP contribution in [0.2, 0.25) is 0 Å². The largest absolute Gasteiger partial charge is 0.462 e. The summed E-state index contributed by atoms with van der Waals surface area (Å²) in [6.07, 6.45) is 87.8. The Bertz CT molecular complexity index is 1450. The van der Waals surface area contributed by atoms with Crippen molar-refractivity contribution in [1.82, 2.24) is 0 Å². The van der Waals surface area contributed by atoms with Gasteiger partial charge in [0.2, 0.25) is 0 Å². The van der Waals surface area contributed by atoms with E-state index >= 15 is 0 Å². The molecule has 0 amide bonds. The van der Waals surface area contributed by atoms with Crippen LogP contribution in [0.25, 0.3) is 0 Å². The second-order valence-corrected chi connectivity index (χ2v) is 23.1. The number of hydrogen-bond donors (Lipinski definition) is 0. The summed E-state index contributed by atoms with van der Waals surface area (Å²) in [7, 11) is 0. The number of hydrogen-bond acceptors (Lipinski definition) is 6. The van der Waals surface area contributed by atoms with Gasteiger partial charge in [0.15, 0.2) is 6.10 Å². The van der Waals surface area contributed by atoms with Crippen molar-refractivity contribution < 1.29 is 28.6 Å². The lowest BCUT2D eigenvalue weighted by Gasteiger charge is -2.18. The molecule has 0 rings (SSSR count). The first-order valence-corrected chi connectivity index (χ1v) is 34.4. The van der Waals surface area contributed by atoms with Crippen LogP contribution in [0.4, 0.5) is 0 Å². The van der Waals surface area contributed by atoms with Gasteiger partial charge in [-0.05, 0) is 116 Å². The topological polar surface area (TPSA) is 78.9 Å². The van der Waals surface area contributed by atoms with E-state index in [2.05, 4.69) is 93.7 Å². The Morgan fingerprint density at radius 3 is 0.734 bits per heavy atom. The van der Waals surface area contributed by atoms with Gasteiger partial charge in [0.25, 0.3) is 0 Å². The van der Waals surface area contributed by atoms with Gasteiger partial charge in [0.05, 0.1) is 0 Å². The molecule has 6 nitrogen and oxygen atoms in total. The molecule has 0 aromatic heterocycles. The summed E-state index contributed by atoms with van der Waals surface area (Å²) >= 11 is 0. The summed E-state index contributed by atoms with van der Waals surface area (Å²) < 4.78 is 16.9. The van der Waals surface area contributed by atoms with Crippen LogP contribution in [0, 0.1) is 0 Å². The predicted octanol–water partition coefficient (Wildman–Crippen LogP) is 23.7. The van der Waals surface area contributed by atoms with Crippen LogP contribution >= 0.6 is 0 Å². The van der Waals surface area contributed by atoms with Crippen molar-refractivity contribution >= 4 is 17.9 Å². The molecule has 0 aromatic rings. The Hall–Kier alpha value is -3.15. The van der Waals surface area contributed by atoms with Crippen molar-refractivity contribution in [3.63, 3.8) is 0 Å². The predicted molar refractivity (Wildman–Crippen MR) is 344 cm³/mol. The molecule has 0 saturated carbocycles. The Morgan fingerprint density at radius 1 is 0.253 bits per heavy atom. The fraction of sp³-hybridized carbons (Fsp3) is 0.795. The third-order valence-corrected chi connectivity index (χ3v) is 15.2. The number of esters is 3. The number of unbranched alkanes of at least 4 members (excludes halogenated alkanes) is 40. The van der Waals surface area contributed by atoms with Crippen LogP contribution in [-0.2, 0) is 28.6 Å². The van der Waals surface area contributed by atoms with Crippen molar-refractivity contribution in [2.24, 2.45) is 0 Å². The Balaban J connectivity index is 4.28. The van der Waals surface area contributed by atoms with Crippen LogP contribution in [0.3, 0.4) is 0 Å². The number of carbonyl (C=O) groups excluding carboxylic acids is 3. The van der Waals surface area contributed by atoms with Crippen LogP contribution in [-0.4, -0.2) is 37.2 Å². The number of allylic oxidation sites excluding steroid dienone is 12. The average molecular weight is 1100 g/mol. The highest BCUT2D eigenvalue weighted by Gasteiger charge is 2.19. The Labute approximate surface area is 491 Å². The summed E-state index contributed by atoms with van der Waals surface area (Å²) in [5, 5.41) is 0. The lowest BCUT2D eigenvalue weighted by atomic mass is 10.0. The average Bonchev–Trinajstić information content (AvgIpc) is 3.45. The van der Waals surface area contributed by atoms with E-state index in [-0.39, 0.29) is 31.1 Å². The third-order valence-electron chi connectivity index (χ3n) is 15.2. The van der Waals surface area contributed by atoms with E-state index in [9.17, 15) is 14.4 Å². The highest BCUT2D eigenvalue weighted by molar-refractivity contribution is 5.71. The zero-order valence-corrected chi connectivity index (χ0v) is 52.6. The summed E-state index contributed by atoms with van der Waals surface area (Å²) in [4.78, 5) is 38.4. The highest BCUT2D eigenvalue weighted by Crippen LogP contribution is 2.17. The summed E-state index contributed by atoms with van der Waals surface area (Å²) in [5.41, 5.74) is 0. The fourth-order valence-corrected chi connectivity index (χ4v) is 9.95. The first-order chi connectivity index (χ1) is 39.0. The quantitative estimate of drug-likeness (QED) is 0.0261. The zero-order chi connectivity index (χ0) is 57.1. The van der Waals surface area contributed by atoms with Crippen molar-refractivity contribution in [2.45, 2.75) is 361 Å². The monoisotopic (exact) mass is 1100 g/mol. The first kappa shape index (κ1) is 75.8. The standard InChI is InChI=1S/C73H130O6/c1-4-7-10-13-16-19-22-25-27-29-31-33-34-35-36-37-38-40-41-43-45-48-51-54-57-60-63-66-72(75)78-69-70(68-77-71(74)65-62-59-56-53-50-47-24-21-18-15-12-9-6-3)79-73(76)67-64-61-58-55-52-49-46-44-42-39-32-30-28-26-23-20-17-14-11-8-5-2/h21-26,29-32,42,44,70H,4-20,27-28,33-41,43,45-69H2,1-3H3/b24-21-,25-22-,26-23-,31-29-,32-30-,44-42-. The van der Waals surface area contributed by atoms with E-state index in [1.807, 2.05) is 0 Å². The maximum Gasteiger partial charge on any atom is 0.306 e. The molecule has 458 valence electrons. The fourth-order valence-electron chi connectivity index (χ4n) is 9.95. The molecule has 0 saturated heterocycles. The maximum atomic E-state index is 12.9. The number of carbonyl (C=O) groups is 3. The molecule has 0 aliphatic carbocycles. The van der Waals surface area contributed by atoms with Crippen molar-refractivity contribution in [3.05, 3.63) is 72.9 Å². The molecule has 0 aromatic carbocycles. The summed E-state index contributed by atoms with van der Waals surface area (Å²) in [5.74, 6) is -0.886. The molecule has 0 aliphatic heterocycles. The van der Waals surface area contributed by atoms with Gasteiger partial charge in [-0.1, -0.05) is 293 Å². The van der Waals surface area contributed by atoms with Gasteiger partial charge >= 0.3 is 17.9 Å². The Kier molecular flexibility index (Phi) is 64.7. The van der Waals surface area contributed by atoms with Crippen LogP contribution in [0.1, 0.15) is 355 Å². The molecule has 79 heavy (non-hydrogen) atoms. The minimum atomic E-state index is -0.787. The van der Waals surface area contributed by atoms with Gasteiger partial charge in [-0.2, -0.15) is 0 Å². The second kappa shape index (κ2) is 67.4. The van der Waals surface area contributed by atoms with Crippen molar-refractivity contribution in [3.8, 4) is 0 Å². The van der Waals surface area contributed by atoms with E-state index in [0.29, 0.717) is 19.3 Å². The molecule has 0 radical (unpaired) electrons. The molecule has 0 heterocycles. The Morgan fingerprint density at radius 2 is 0.456 bits per heavy atom. The summed E-state index contributed by atoms with van der Waals surface area (Å²) in [6.45, 7) is 6.63. The molecule has 0 N–H and O–H groups in total. The van der Waals surface area contributed by atoms with Gasteiger partial charge < -0.3 is 14.2 Å². The molecule has 1 atom stereocenters. The van der Waals surface area contributed by atoms with Gasteiger partial charge in [0.1, 0.15) is 13.2 Å². The van der Waals surface area contributed by atoms with Gasteiger partial charge in [-0.3, -0.25) is 14.4 Å². The van der Waals surface area contributed by atoms with E-state index < -0.39 is 6.10 Å². The van der Waals surface area contributed by atoms with Gasteiger partial charge in [-0.15, -0.1) is 0 Å². The lowest BCUT2D eigenvalue weighted by Crippen LogP contribution is -2.30. The molecule has 0 bridgehead atoms. The zero-order valence-electron chi connectivity index (χ0n) is 52.6. The van der Waals surface area contributed by atoms with Crippen LogP contribution < -0.4 is 0 Å². The van der Waals surface area contributed by atoms with Crippen LogP contribution in [0.5, 0.6) is 0 Å². The number of rotatable bonds is 63. The number of ether oxygens (including phenoxy) is 3. The maximum absolute atomic E-state index is 12.9. The molecule has 1 unspecified atom stereocenters. The normalized spacial score (nSPS) is 12.5. The van der Waals surface area contributed by atoms with Crippen molar-refractivity contribution in [1.29, 1.82) is 0 Å². The lowest BCUT2D eigenvalue weighted by molar-refractivity contribution is -0.167. The highest BCUT2D eigenvalue weighted by atomic mass is 16.6. The molecule has 0 fully saturated rings. The summed E-state index contributed by atoms with van der Waals surface area (Å²) in [6, 6.07) is 0. The van der Waals surface area contributed by atoms with E-state index in [1.54, 1.807) is 0 Å². The van der Waals surface area contributed by atoms with Gasteiger partial charge in [0, 0.05) is 19.3 Å². The molecule has 0 aliphatic rings. The van der Waals surface area contributed by atoms with Crippen LogP contribution in [0.15, 0.2) is 72.9 Å². The minimum absolute atomic E-state index is 0.0813. The second-order valence-electron chi connectivity index (χ2n) is 23.1. The smallest absolute Gasteiger partial charge is 0.306 e. The molecular formula is C73H130O6. The third kappa shape index (κ3) is 65.5. The van der Waals surface area contributed by atoms with E-state index in [4.69, 9.17) is 14.2 Å². The van der Waals surface area contributed by atoms with E-state index in [1.165, 1.54) is 218 Å². The van der Waals surface area contributed by atoms with Gasteiger partial charge in [-0.25, -0.2) is 0 Å². The molecule has 0 spiro atoms. The minimum Gasteiger partial charge on any atom is -0.462 e. The first-order valence-electron chi connectivity index (χ1n) is 34.4.